The zero-order chi connectivity index (χ0) is 12.8. The zero-order valence-electron chi connectivity index (χ0n) is 11.0. The highest BCUT2D eigenvalue weighted by molar-refractivity contribution is 5.95. The van der Waals surface area contributed by atoms with E-state index < -0.39 is 0 Å². The van der Waals surface area contributed by atoms with Crippen molar-refractivity contribution in [2.75, 3.05) is 11.9 Å². The number of anilines is 1. The summed E-state index contributed by atoms with van der Waals surface area (Å²) in [7, 11) is 0. The molecule has 3 nitrogen and oxygen atoms in total. The number of nitrogens with one attached hydrogen (secondary N) is 2. The van der Waals surface area contributed by atoms with Crippen LogP contribution in [0.25, 0.3) is 0 Å². The summed E-state index contributed by atoms with van der Waals surface area (Å²) in [6.07, 6.45) is 5.36. The second-order valence-corrected chi connectivity index (χ2v) is 4.90. The van der Waals surface area contributed by atoms with Crippen LogP contribution in [0.3, 0.4) is 0 Å². The van der Waals surface area contributed by atoms with Gasteiger partial charge in [-0.2, -0.15) is 0 Å². The molecule has 0 aliphatic carbocycles. The standard InChI is InChI=1S/C15H22N2O/c1-2-7-12-8-3-4-9-13(12)17-15(18)14-10-5-6-11-16-14/h3-4,8-9,14,16H,2,5-7,10-11H2,1H3,(H,17,18)/t14-/m1/s1. The van der Waals surface area contributed by atoms with Gasteiger partial charge in [0.15, 0.2) is 0 Å². The number of piperidine rings is 1. The maximum absolute atomic E-state index is 12.2. The molecule has 1 aromatic carbocycles. The largest absolute Gasteiger partial charge is 0.324 e. The maximum Gasteiger partial charge on any atom is 0.241 e. The molecule has 18 heavy (non-hydrogen) atoms. The summed E-state index contributed by atoms with van der Waals surface area (Å²) >= 11 is 0. The molecule has 0 saturated carbocycles. The van der Waals surface area contributed by atoms with E-state index in [-0.39, 0.29) is 11.9 Å². The predicted octanol–water partition coefficient (Wildman–Crippen LogP) is 2.72. The molecule has 98 valence electrons. The van der Waals surface area contributed by atoms with Gasteiger partial charge in [-0.1, -0.05) is 38.0 Å². The molecule has 1 aliphatic rings. The minimum Gasteiger partial charge on any atom is -0.324 e. The molecule has 3 heteroatoms. The second-order valence-electron chi connectivity index (χ2n) is 4.90. The van der Waals surface area contributed by atoms with Crippen molar-refractivity contribution in [3.63, 3.8) is 0 Å². The van der Waals surface area contributed by atoms with Gasteiger partial charge in [0.2, 0.25) is 5.91 Å². The van der Waals surface area contributed by atoms with E-state index >= 15 is 0 Å². The first-order chi connectivity index (χ1) is 8.81. The molecule has 0 spiro atoms. The normalized spacial score (nSPS) is 19.5. The van der Waals surface area contributed by atoms with E-state index in [1.54, 1.807) is 0 Å². The van der Waals surface area contributed by atoms with Gasteiger partial charge in [-0.05, 0) is 37.4 Å². The van der Waals surface area contributed by atoms with Crippen molar-refractivity contribution < 1.29 is 4.79 Å². The van der Waals surface area contributed by atoms with E-state index in [0.717, 1.165) is 37.9 Å². The molecule has 1 heterocycles. The molecule has 1 aliphatic heterocycles. The molecular weight excluding hydrogens is 224 g/mol. The van der Waals surface area contributed by atoms with Gasteiger partial charge in [0.25, 0.3) is 0 Å². The van der Waals surface area contributed by atoms with Crippen molar-refractivity contribution >= 4 is 11.6 Å². The molecule has 1 fully saturated rings. The Morgan fingerprint density at radius 1 is 1.39 bits per heavy atom. The number of benzene rings is 1. The first-order valence-corrected chi connectivity index (χ1v) is 6.93. The van der Waals surface area contributed by atoms with Crippen LogP contribution >= 0.6 is 0 Å². The summed E-state index contributed by atoms with van der Waals surface area (Å²) in [5, 5.41) is 6.34. The number of amides is 1. The fraction of sp³-hybridized carbons (Fsp3) is 0.533. The third-order valence-electron chi connectivity index (χ3n) is 3.42. The number of carbonyl (C=O) groups excluding carboxylic acids is 1. The quantitative estimate of drug-likeness (QED) is 0.857. The highest BCUT2D eigenvalue weighted by Crippen LogP contribution is 2.18. The van der Waals surface area contributed by atoms with E-state index in [2.05, 4.69) is 23.6 Å². The first-order valence-electron chi connectivity index (χ1n) is 6.93. The monoisotopic (exact) mass is 246 g/mol. The van der Waals surface area contributed by atoms with Crippen LogP contribution < -0.4 is 10.6 Å². The van der Waals surface area contributed by atoms with Crippen LogP contribution in [0.4, 0.5) is 5.69 Å². The third-order valence-corrected chi connectivity index (χ3v) is 3.42. The van der Waals surface area contributed by atoms with Crippen molar-refractivity contribution in [1.29, 1.82) is 0 Å². The number of carbonyl (C=O) groups is 1. The SMILES string of the molecule is CCCc1ccccc1NC(=O)[C@H]1CCCCN1. The lowest BCUT2D eigenvalue weighted by atomic mass is 10.0. The minimum atomic E-state index is -0.0200. The van der Waals surface area contributed by atoms with Crippen LogP contribution in [0.15, 0.2) is 24.3 Å². The van der Waals surface area contributed by atoms with Crippen LogP contribution in [0, 0.1) is 0 Å². The smallest absolute Gasteiger partial charge is 0.241 e. The minimum absolute atomic E-state index is 0.0200. The van der Waals surface area contributed by atoms with E-state index in [1.807, 2.05) is 18.2 Å². The van der Waals surface area contributed by atoms with Gasteiger partial charge in [0.05, 0.1) is 6.04 Å². The Morgan fingerprint density at radius 2 is 2.22 bits per heavy atom. The molecule has 1 atom stereocenters. The number of para-hydroxylation sites is 1. The van der Waals surface area contributed by atoms with Crippen LogP contribution in [-0.2, 0) is 11.2 Å². The topological polar surface area (TPSA) is 41.1 Å². The third kappa shape index (κ3) is 3.33. The molecule has 2 rings (SSSR count). The molecule has 0 unspecified atom stereocenters. The average molecular weight is 246 g/mol. The lowest BCUT2D eigenvalue weighted by Crippen LogP contribution is -2.43. The number of aryl methyl sites for hydroxylation is 1. The summed E-state index contributed by atoms with van der Waals surface area (Å²) in [6.45, 7) is 3.11. The van der Waals surface area contributed by atoms with Crippen molar-refractivity contribution in [2.24, 2.45) is 0 Å². The van der Waals surface area contributed by atoms with Crippen LogP contribution in [0.5, 0.6) is 0 Å². The van der Waals surface area contributed by atoms with Crippen LogP contribution in [0.1, 0.15) is 38.2 Å². The summed E-state index contributed by atoms with van der Waals surface area (Å²) in [6, 6.07) is 8.07. The molecule has 0 radical (unpaired) electrons. The predicted molar refractivity (Wildman–Crippen MR) is 74.7 cm³/mol. The van der Waals surface area contributed by atoms with Gasteiger partial charge in [-0.15, -0.1) is 0 Å². The Morgan fingerprint density at radius 3 is 2.94 bits per heavy atom. The van der Waals surface area contributed by atoms with Crippen molar-refractivity contribution in [3.8, 4) is 0 Å². The summed E-state index contributed by atoms with van der Waals surface area (Å²) in [5.41, 5.74) is 2.20. The van der Waals surface area contributed by atoms with Crippen molar-refractivity contribution in [2.45, 2.75) is 45.1 Å². The van der Waals surface area contributed by atoms with E-state index in [4.69, 9.17) is 0 Å². The first kappa shape index (κ1) is 13.1. The maximum atomic E-state index is 12.2. The summed E-state index contributed by atoms with van der Waals surface area (Å²) in [5.74, 6) is 0.109. The Bertz CT molecular complexity index is 397. The van der Waals surface area contributed by atoms with Crippen molar-refractivity contribution in [1.82, 2.24) is 5.32 Å². The van der Waals surface area contributed by atoms with Crippen LogP contribution in [0.2, 0.25) is 0 Å². The molecule has 1 saturated heterocycles. The molecule has 2 N–H and O–H groups in total. The van der Waals surface area contributed by atoms with Gasteiger partial charge in [-0.3, -0.25) is 4.79 Å². The van der Waals surface area contributed by atoms with Gasteiger partial charge in [0, 0.05) is 5.69 Å². The average Bonchev–Trinajstić information content (AvgIpc) is 2.42. The fourth-order valence-corrected chi connectivity index (χ4v) is 2.43. The summed E-state index contributed by atoms with van der Waals surface area (Å²) in [4.78, 5) is 12.2. The number of hydrogen-bond acceptors (Lipinski definition) is 2. The molecule has 0 bridgehead atoms. The lowest BCUT2D eigenvalue weighted by Gasteiger charge is -2.23. The summed E-state index contributed by atoms with van der Waals surface area (Å²) < 4.78 is 0. The molecule has 1 aromatic rings. The highest BCUT2D eigenvalue weighted by atomic mass is 16.2. The van der Waals surface area contributed by atoms with Crippen molar-refractivity contribution in [3.05, 3.63) is 29.8 Å². The van der Waals surface area contributed by atoms with Gasteiger partial charge in [0.1, 0.15) is 0 Å². The Labute approximate surface area is 109 Å². The number of hydrogen-bond donors (Lipinski definition) is 2. The fourth-order valence-electron chi connectivity index (χ4n) is 2.43. The lowest BCUT2D eigenvalue weighted by molar-refractivity contribution is -0.118. The van der Waals surface area contributed by atoms with Gasteiger partial charge < -0.3 is 10.6 Å². The Hall–Kier alpha value is -1.35. The van der Waals surface area contributed by atoms with E-state index in [0.29, 0.717) is 0 Å². The highest BCUT2D eigenvalue weighted by Gasteiger charge is 2.20. The zero-order valence-corrected chi connectivity index (χ0v) is 11.0. The van der Waals surface area contributed by atoms with E-state index in [9.17, 15) is 4.79 Å². The van der Waals surface area contributed by atoms with E-state index in [1.165, 1.54) is 12.0 Å². The van der Waals surface area contributed by atoms with Crippen LogP contribution in [-0.4, -0.2) is 18.5 Å². The Balaban J connectivity index is 2.01. The molecule has 0 aromatic heterocycles. The molecular formula is C15H22N2O. The Kier molecular flexibility index (Phi) is 4.76. The molecule has 1 amide bonds. The number of rotatable bonds is 4. The van der Waals surface area contributed by atoms with Gasteiger partial charge >= 0.3 is 0 Å². The second kappa shape index (κ2) is 6.55. The van der Waals surface area contributed by atoms with Gasteiger partial charge in [-0.25, -0.2) is 0 Å².